The topological polar surface area (TPSA) is 51.5 Å². The maximum atomic E-state index is 11.8. The summed E-state index contributed by atoms with van der Waals surface area (Å²) in [5.74, 6) is 0.112. The summed E-state index contributed by atoms with van der Waals surface area (Å²) in [6.45, 7) is 1.15. The Bertz CT molecular complexity index is 568. The van der Waals surface area contributed by atoms with Gasteiger partial charge in [-0.05, 0) is 29.7 Å². The molecule has 106 valence electrons. The number of carbonyl (C=O) groups is 1. The number of nitrogens with one attached hydrogen (secondary N) is 1. The van der Waals surface area contributed by atoms with Crippen molar-refractivity contribution in [2.75, 3.05) is 13.2 Å². The molecule has 20 heavy (non-hydrogen) atoms. The third kappa shape index (κ3) is 3.03. The number of fused-ring (bicyclic) bond motifs is 1. The fourth-order valence-corrected chi connectivity index (χ4v) is 2.33. The molecule has 5 heteroatoms. The van der Waals surface area contributed by atoms with E-state index in [0.29, 0.717) is 18.9 Å². The molecule has 1 aromatic carbocycles. The average Bonchev–Trinajstić information content (AvgIpc) is 2.99. The van der Waals surface area contributed by atoms with Crippen LogP contribution in [-0.4, -0.2) is 19.1 Å². The smallest absolute Gasteiger partial charge is 0.287 e. The quantitative estimate of drug-likeness (QED) is 0.947. The van der Waals surface area contributed by atoms with Crippen LogP contribution >= 0.6 is 12.4 Å². The van der Waals surface area contributed by atoms with E-state index in [9.17, 15) is 4.79 Å². The molecule has 2 aromatic rings. The number of amides is 1. The molecule has 1 aliphatic heterocycles. The van der Waals surface area contributed by atoms with Crippen molar-refractivity contribution < 1.29 is 13.9 Å². The summed E-state index contributed by atoms with van der Waals surface area (Å²) in [6, 6.07) is 11.5. The van der Waals surface area contributed by atoms with Crippen molar-refractivity contribution in [2.24, 2.45) is 0 Å². The van der Waals surface area contributed by atoms with Gasteiger partial charge < -0.3 is 14.5 Å². The zero-order valence-corrected chi connectivity index (χ0v) is 11.7. The van der Waals surface area contributed by atoms with E-state index < -0.39 is 0 Å². The molecular formula is C15H16ClNO3. The molecule has 0 saturated heterocycles. The van der Waals surface area contributed by atoms with Crippen LogP contribution in [0.15, 0.2) is 47.1 Å². The Balaban J connectivity index is 0.00000147. The number of rotatable bonds is 3. The molecule has 0 bridgehead atoms. The first-order valence-electron chi connectivity index (χ1n) is 6.36. The highest BCUT2D eigenvalue weighted by atomic mass is 35.5. The van der Waals surface area contributed by atoms with Gasteiger partial charge in [0, 0.05) is 6.54 Å². The Morgan fingerprint density at radius 1 is 1.25 bits per heavy atom. The molecule has 2 heterocycles. The van der Waals surface area contributed by atoms with E-state index in [1.807, 2.05) is 12.1 Å². The summed E-state index contributed by atoms with van der Waals surface area (Å²) in [5, 5.41) is 2.84. The lowest BCUT2D eigenvalue weighted by atomic mass is 9.97. The van der Waals surface area contributed by atoms with Gasteiger partial charge in [0.1, 0.15) is 6.10 Å². The van der Waals surface area contributed by atoms with Gasteiger partial charge in [0.05, 0.1) is 12.9 Å². The van der Waals surface area contributed by atoms with E-state index in [2.05, 4.69) is 17.4 Å². The predicted octanol–water partition coefficient (Wildman–Crippen LogP) is 2.75. The van der Waals surface area contributed by atoms with Gasteiger partial charge in [-0.3, -0.25) is 4.79 Å². The second-order valence-corrected chi connectivity index (χ2v) is 4.50. The van der Waals surface area contributed by atoms with Crippen LogP contribution in [0.1, 0.15) is 27.8 Å². The summed E-state index contributed by atoms with van der Waals surface area (Å²) in [5.41, 5.74) is 2.46. The zero-order valence-electron chi connectivity index (χ0n) is 10.9. The monoisotopic (exact) mass is 293 g/mol. The molecule has 1 aliphatic rings. The van der Waals surface area contributed by atoms with Crippen molar-refractivity contribution in [3.05, 3.63) is 59.5 Å². The van der Waals surface area contributed by atoms with Gasteiger partial charge in [-0.2, -0.15) is 0 Å². The highest BCUT2D eigenvalue weighted by Gasteiger charge is 2.21. The second kappa shape index (κ2) is 6.59. The normalized spacial score (nSPS) is 16.9. The molecule has 1 unspecified atom stereocenters. The summed E-state index contributed by atoms with van der Waals surface area (Å²) in [4.78, 5) is 11.8. The summed E-state index contributed by atoms with van der Waals surface area (Å²) < 4.78 is 10.8. The van der Waals surface area contributed by atoms with Crippen LogP contribution in [0.4, 0.5) is 0 Å². The van der Waals surface area contributed by atoms with Crippen LogP contribution in [0.3, 0.4) is 0 Å². The Hall–Kier alpha value is -1.78. The molecule has 1 amide bonds. The zero-order chi connectivity index (χ0) is 13.1. The van der Waals surface area contributed by atoms with Crippen LogP contribution < -0.4 is 5.32 Å². The standard InChI is InChI=1S/C15H15NO3.ClH/c17-15(13-6-3-8-18-13)16-10-14-12-5-2-1-4-11(12)7-9-19-14;/h1-6,8,14H,7,9-10H2,(H,16,17);1H. The largest absolute Gasteiger partial charge is 0.459 e. The van der Waals surface area contributed by atoms with Gasteiger partial charge in [0.2, 0.25) is 0 Å². The minimum absolute atomic E-state index is 0. The van der Waals surface area contributed by atoms with Crippen molar-refractivity contribution in [1.82, 2.24) is 5.32 Å². The van der Waals surface area contributed by atoms with Crippen molar-refractivity contribution >= 4 is 18.3 Å². The van der Waals surface area contributed by atoms with E-state index in [0.717, 1.165) is 12.0 Å². The Morgan fingerprint density at radius 3 is 2.90 bits per heavy atom. The maximum absolute atomic E-state index is 11.8. The highest BCUT2D eigenvalue weighted by molar-refractivity contribution is 5.91. The molecule has 0 saturated carbocycles. The van der Waals surface area contributed by atoms with Gasteiger partial charge in [-0.25, -0.2) is 0 Å². The first-order valence-corrected chi connectivity index (χ1v) is 6.36. The van der Waals surface area contributed by atoms with Crippen molar-refractivity contribution in [1.29, 1.82) is 0 Å². The number of halogens is 1. The molecule has 1 aromatic heterocycles. The first kappa shape index (κ1) is 14.6. The number of hydrogen-bond donors (Lipinski definition) is 1. The molecular weight excluding hydrogens is 278 g/mol. The van der Waals surface area contributed by atoms with Gasteiger partial charge in [-0.1, -0.05) is 24.3 Å². The van der Waals surface area contributed by atoms with Gasteiger partial charge in [0.15, 0.2) is 5.76 Å². The molecule has 0 spiro atoms. The van der Waals surface area contributed by atoms with Crippen LogP contribution in [0, 0.1) is 0 Å². The molecule has 0 fully saturated rings. The highest BCUT2D eigenvalue weighted by Crippen LogP contribution is 2.26. The molecule has 0 radical (unpaired) electrons. The fraction of sp³-hybridized carbons (Fsp3) is 0.267. The second-order valence-electron chi connectivity index (χ2n) is 4.50. The average molecular weight is 294 g/mol. The van der Waals surface area contributed by atoms with Crippen molar-refractivity contribution in [3.63, 3.8) is 0 Å². The number of furan rings is 1. The van der Waals surface area contributed by atoms with E-state index >= 15 is 0 Å². The van der Waals surface area contributed by atoms with E-state index in [4.69, 9.17) is 9.15 Å². The Kier molecular flexibility index (Phi) is 4.82. The van der Waals surface area contributed by atoms with Crippen molar-refractivity contribution in [2.45, 2.75) is 12.5 Å². The Morgan fingerprint density at radius 2 is 2.10 bits per heavy atom. The number of carbonyl (C=O) groups excluding carboxylic acids is 1. The lowest BCUT2D eigenvalue weighted by Gasteiger charge is -2.26. The first-order chi connectivity index (χ1) is 9.34. The van der Waals surface area contributed by atoms with Crippen LogP contribution in [0.2, 0.25) is 0 Å². The van der Waals surface area contributed by atoms with Gasteiger partial charge >= 0.3 is 0 Å². The molecule has 1 atom stereocenters. The third-order valence-corrected chi connectivity index (χ3v) is 3.29. The van der Waals surface area contributed by atoms with Gasteiger partial charge in [-0.15, -0.1) is 12.4 Å². The summed E-state index contributed by atoms with van der Waals surface area (Å²) in [7, 11) is 0. The minimum atomic E-state index is -0.211. The van der Waals surface area contributed by atoms with Crippen molar-refractivity contribution in [3.8, 4) is 0 Å². The van der Waals surface area contributed by atoms with E-state index in [1.54, 1.807) is 12.1 Å². The minimum Gasteiger partial charge on any atom is -0.459 e. The van der Waals surface area contributed by atoms with E-state index in [1.165, 1.54) is 11.8 Å². The number of benzene rings is 1. The number of ether oxygens (including phenoxy) is 1. The van der Waals surface area contributed by atoms with Gasteiger partial charge in [0.25, 0.3) is 5.91 Å². The lowest BCUT2D eigenvalue weighted by molar-refractivity contribution is 0.0408. The fourth-order valence-electron chi connectivity index (χ4n) is 2.33. The van der Waals surface area contributed by atoms with Crippen LogP contribution in [0.25, 0.3) is 0 Å². The van der Waals surface area contributed by atoms with E-state index in [-0.39, 0.29) is 24.4 Å². The summed E-state index contributed by atoms with van der Waals surface area (Å²) >= 11 is 0. The summed E-state index contributed by atoms with van der Waals surface area (Å²) in [6.07, 6.45) is 2.34. The predicted molar refractivity (Wildman–Crippen MR) is 77.1 cm³/mol. The van der Waals surface area contributed by atoms with Crippen LogP contribution in [-0.2, 0) is 11.2 Å². The Labute approximate surface area is 123 Å². The molecule has 0 aliphatic carbocycles. The SMILES string of the molecule is Cl.O=C(NCC1OCCc2ccccc21)c1ccco1. The molecule has 1 N–H and O–H groups in total. The maximum Gasteiger partial charge on any atom is 0.287 e. The van der Waals surface area contributed by atoms with Crippen LogP contribution in [0.5, 0.6) is 0 Å². The lowest BCUT2D eigenvalue weighted by Crippen LogP contribution is -2.31. The third-order valence-electron chi connectivity index (χ3n) is 3.29. The number of hydrogen-bond acceptors (Lipinski definition) is 3. The molecule has 3 rings (SSSR count). The molecule has 4 nitrogen and oxygen atoms in total.